The molecule has 0 aromatic carbocycles. The van der Waals surface area contributed by atoms with Crippen molar-refractivity contribution in [2.24, 2.45) is 5.92 Å². The van der Waals surface area contributed by atoms with Crippen molar-refractivity contribution in [2.45, 2.75) is 45.4 Å². The second kappa shape index (κ2) is 9.53. The van der Waals surface area contributed by atoms with Crippen LogP contribution in [0, 0.1) is 5.92 Å². The van der Waals surface area contributed by atoms with Crippen LogP contribution in [-0.2, 0) is 0 Å². The van der Waals surface area contributed by atoms with E-state index in [1.807, 2.05) is 0 Å². The topological polar surface area (TPSA) is 20.2 Å². The molecule has 0 aromatic heterocycles. The number of rotatable bonds is 8. The van der Waals surface area contributed by atoms with Gasteiger partial charge in [-0.15, -0.1) is 0 Å². The molecule has 0 aliphatic heterocycles. The molecular weight excluding hydrogens is 216 g/mol. The molecule has 0 aromatic rings. The van der Waals surface area contributed by atoms with Crippen LogP contribution in [0.5, 0.6) is 0 Å². The van der Waals surface area contributed by atoms with E-state index in [9.17, 15) is 0 Å². The van der Waals surface area contributed by atoms with Crippen LogP contribution in [0.4, 0.5) is 0 Å². The molecular formula is C10H21BrO. The molecule has 0 rings (SSSR count). The van der Waals surface area contributed by atoms with Gasteiger partial charge in [-0.1, -0.05) is 48.5 Å². The smallest absolute Gasteiger partial charge is 0.0431 e. The fraction of sp³-hybridized carbons (Fsp3) is 1.00. The van der Waals surface area contributed by atoms with Crippen LogP contribution in [0.15, 0.2) is 0 Å². The Morgan fingerprint density at radius 2 is 1.75 bits per heavy atom. The molecule has 74 valence electrons. The average Bonchev–Trinajstić information content (AvgIpc) is 2.05. The third-order valence-electron chi connectivity index (χ3n) is 2.21. The summed E-state index contributed by atoms with van der Waals surface area (Å²) in [6.07, 6.45) is 7.42. The predicted octanol–water partition coefficient (Wildman–Crippen LogP) is 3.35. The van der Waals surface area contributed by atoms with E-state index in [2.05, 4.69) is 22.9 Å². The van der Waals surface area contributed by atoms with Crippen LogP contribution in [0.1, 0.15) is 45.4 Å². The van der Waals surface area contributed by atoms with Crippen molar-refractivity contribution < 1.29 is 5.11 Å². The number of aliphatic hydroxyl groups excluding tert-OH is 1. The summed E-state index contributed by atoms with van der Waals surface area (Å²) in [5.74, 6) is 0.860. The van der Waals surface area contributed by atoms with Crippen molar-refractivity contribution in [2.75, 3.05) is 11.9 Å². The molecule has 0 spiro atoms. The summed E-state index contributed by atoms with van der Waals surface area (Å²) >= 11 is 3.45. The maximum absolute atomic E-state index is 8.55. The molecule has 0 heterocycles. The van der Waals surface area contributed by atoms with E-state index < -0.39 is 0 Å². The molecule has 1 N–H and O–H groups in total. The molecule has 0 aliphatic carbocycles. The highest BCUT2D eigenvalue weighted by Crippen LogP contribution is 2.14. The van der Waals surface area contributed by atoms with Gasteiger partial charge in [-0.25, -0.2) is 0 Å². The number of unbranched alkanes of at least 4 members (excludes halogenated alkanes) is 3. The maximum atomic E-state index is 8.55. The van der Waals surface area contributed by atoms with Gasteiger partial charge in [0.25, 0.3) is 0 Å². The minimum atomic E-state index is 0.358. The Kier molecular flexibility index (Phi) is 9.88. The van der Waals surface area contributed by atoms with Crippen molar-refractivity contribution in [1.82, 2.24) is 0 Å². The third-order valence-corrected chi connectivity index (χ3v) is 2.66. The lowest BCUT2D eigenvalue weighted by Gasteiger charge is -2.08. The molecule has 0 saturated heterocycles. The van der Waals surface area contributed by atoms with Gasteiger partial charge >= 0.3 is 0 Å². The van der Waals surface area contributed by atoms with Gasteiger partial charge in [0.05, 0.1) is 0 Å². The monoisotopic (exact) mass is 236 g/mol. The van der Waals surface area contributed by atoms with Gasteiger partial charge in [-0.3, -0.25) is 0 Å². The SMILES string of the molecule is C[C@@H](CCBr)CCCCCCO. The van der Waals surface area contributed by atoms with Crippen LogP contribution >= 0.6 is 15.9 Å². The lowest BCUT2D eigenvalue weighted by Crippen LogP contribution is -1.95. The van der Waals surface area contributed by atoms with Crippen molar-refractivity contribution in [3.05, 3.63) is 0 Å². The van der Waals surface area contributed by atoms with E-state index in [0.29, 0.717) is 6.61 Å². The van der Waals surface area contributed by atoms with E-state index in [4.69, 9.17) is 5.11 Å². The molecule has 1 atom stereocenters. The van der Waals surface area contributed by atoms with Crippen LogP contribution in [0.25, 0.3) is 0 Å². The van der Waals surface area contributed by atoms with Crippen LogP contribution in [-0.4, -0.2) is 17.0 Å². The first-order valence-electron chi connectivity index (χ1n) is 4.98. The molecule has 0 bridgehead atoms. The van der Waals surface area contributed by atoms with Crippen molar-refractivity contribution in [1.29, 1.82) is 0 Å². The van der Waals surface area contributed by atoms with Crippen LogP contribution in [0.2, 0.25) is 0 Å². The summed E-state index contributed by atoms with van der Waals surface area (Å²) in [5.41, 5.74) is 0. The fourth-order valence-corrected chi connectivity index (χ4v) is 2.07. The first kappa shape index (κ1) is 12.4. The maximum Gasteiger partial charge on any atom is 0.0431 e. The molecule has 1 nitrogen and oxygen atoms in total. The lowest BCUT2D eigenvalue weighted by molar-refractivity contribution is 0.281. The van der Waals surface area contributed by atoms with Gasteiger partial charge in [-0.2, -0.15) is 0 Å². The number of aliphatic hydroxyl groups is 1. The first-order valence-corrected chi connectivity index (χ1v) is 6.10. The highest BCUT2D eigenvalue weighted by atomic mass is 79.9. The Labute approximate surface area is 84.7 Å². The Morgan fingerprint density at radius 3 is 2.33 bits per heavy atom. The summed E-state index contributed by atoms with van der Waals surface area (Å²) < 4.78 is 0. The number of halogens is 1. The number of hydrogen-bond acceptors (Lipinski definition) is 1. The highest BCUT2D eigenvalue weighted by Gasteiger charge is 1.99. The zero-order chi connectivity index (χ0) is 9.23. The molecule has 0 saturated carbocycles. The summed E-state index contributed by atoms with van der Waals surface area (Å²) in [7, 11) is 0. The minimum absolute atomic E-state index is 0.358. The van der Waals surface area contributed by atoms with Crippen LogP contribution < -0.4 is 0 Å². The number of alkyl halides is 1. The van der Waals surface area contributed by atoms with Crippen molar-refractivity contribution in [3.63, 3.8) is 0 Å². The fourth-order valence-electron chi connectivity index (χ4n) is 1.29. The van der Waals surface area contributed by atoms with Gasteiger partial charge in [0.15, 0.2) is 0 Å². The predicted molar refractivity (Wildman–Crippen MR) is 57.7 cm³/mol. The van der Waals surface area contributed by atoms with Gasteiger partial charge in [-0.05, 0) is 18.8 Å². The Morgan fingerprint density at radius 1 is 1.08 bits per heavy atom. The zero-order valence-corrected chi connectivity index (χ0v) is 9.65. The molecule has 12 heavy (non-hydrogen) atoms. The summed E-state index contributed by atoms with van der Waals surface area (Å²) in [4.78, 5) is 0. The lowest BCUT2D eigenvalue weighted by atomic mass is 10.0. The Bertz CT molecular complexity index is 85.9. The second-order valence-electron chi connectivity index (χ2n) is 3.51. The first-order chi connectivity index (χ1) is 5.81. The van der Waals surface area contributed by atoms with Gasteiger partial charge in [0.1, 0.15) is 0 Å². The second-order valence-corrected chi connectivity index (χ2v) is 4.30. The van der Waals surface area contributed by atoms with Crippen LogP contribution in [0.3, 0.4) is 0 Å². The van der Waals surface area contributed by atoms with Crippen molar-refractivity contribution >= 4 is 15.9 Å². The quantitative estimate of drug-likeness (QED) is 0.507. The molecule has 2 heteroatoms. The third kappa shape index (κ3) is 8.54. The van der Waals surface area contributed by atoms with E-state index in [1.54, 1.807) is 0 Å². The molecule has 0 fully saturated rings. The van der Waals surface area contributed by atoms with E-state index >= 15 is 0 Å². The average molecular weight is 237 g/mol. The zero-order valence-electron chi connectivity index (χ0n) is 8.06. The molecule has 0 amide bonds. The molecule has 0 unspecified atom stereocenters. The largest absolute Gasteiger partial charge is 0.396 e. The van der Waals surface area contributed by atoms with Gasteiger partial charge in [0.2, 0.25) is 0 Å². The Balaban J connectivity index is 2.97. The van der Waals surface area contributed by atoms with Crippen molar-refractivity contribution in [3.8, 4) is 0 Å². The normalized spacial score (nSPS) is 13.2. The summed E-state index contributed by atoms with van der Waals surface area (Å²) in [6, 6.07) is 0. The van der Waals surface area contributed by atoms with E-state index in [-0.39, 0.29) is 0 Å². The standard InChI is InChI=1S/C10H21BrO/c1-10(7-8-11)6-4-2-3-5-9-12/h10,12H,2-9H2,1H3/t10-/m1/s1. The number of hydrogen-bond donors (Lipinski definition) is 1. The van der Waals surface area contributed by atoms with E-state index in [0.717, 1.165) is 17.7 Å². The highest BCUT2D eigenvalue weighted by molar-refractivity contribution is 9.09. The van der Waals surface area contributed by atoms with Gasteiger partial charge < -0.3 is 5.11 Å². The van der Waals surface area contributed by atoms with Gasteiger partial charge in [0, 0.05) is 11.9 Å². The Hall–Kier alpha value is 0.440. The summed E-state index contributed by atoms with van der Waals surface area (Å²) in [5, 5.41) is 9.68. The summed E-state index contributed by atoms with van der Waals surface area (Å²) in [6.45, 7) is 2.67. The molecule has 0 aliphatic rings. The molecule has 0 radical (unpaired) electrons. The van der Waals surface area contributed by atoms with E-state index in [1.165, 1.54) is 32.1 Å². The minimum Gasteiger partial charge on any atom is -0.396 e.